The van der Waals surface area contributed by atoms with Crippen LogP contribution in [0.25, 0.3) is 0 Å². The summed E-state index contributed by atoms with van der Waals surface area (Å²) in [5.41, 5.74) is 6.71. The summed E-state index contributed by atoms with van der Waals surface area (Å²) < 4.78 is 12.7. The number of nitrogens with two attached hydrogens (primary N) is 1. The van der Waals surface area contributed by atoms with Crippen molar-refractivity contribution in [2.24, 2.45) is 11.7 Å². The van der Waals surface area contributed by atoms with Gasteiger partial charge >= 0.3 is 0 Å². The molecule has 0 aromatic heterocycles. The molecule has 0 fully saturated rings. The van der Waals surface area contributed by atoms with E-state index in [9.17, 15) is 4.39 Å². The average molecular weight is 224 g/mol. The van der Waals surface area contributed by atoms with Gasteiger partial charge in [-0.15, -0.1) is 0 Å². The van der Waals surface area contributed by atoms with Gasteiger partial charge in [-0.2, -0.15) is 0 Å². The maximum Gasteiger partial charge on any atom is 0.123 e. The third kappa shape index (κ3) is 3.81. The third-order valence-electron chi connectivity index (χ3n) is 3.05. The summed E-state index contributed by atoms with van der Waals surface area (Å²) in [4.78, 5) is 2.14. The van der Waals surface area contributed by atoms with E-state index in [0.717, 1.165) is 31.6 Å². The number of nitrogens with zero attached hydrogens (tertiary/aromatic N) is 1. The minimum absolute atomic E-state index is 0.189. The standard InChI is InChI=1S/C13H21FN2/c1-3-11(10-15)8-9-16(2)13-6-4-12(14)5-7-13/h4-7,11H,3,8-10,15H2,1-2H3. The molecule has 0 aliphatic rings. The Kier molecular flexibility index (Phi) is 5.26. The topological polar surface area (TPSA) is 29.3 Å². The lowest BCUT2D eigenvalue weighted by atomic mass is 10.0. The van der Waals surface area contributed by atoms with Crippen molar-refractivity contribution in [2.45, 2.75) is 19.8 Å². The predicted octanol–water partition coefficient (Wildman–Crippen LogP) is 2.64. The summed E-state index contributed by atoms with van der Waals surface area (Å²) in [6.45, 7) is 3.87. The van der Waals surface area contributed by atoms with Crippen LogP contribution >= 0.6 is 0 Å². The van der Waals surface area contributed by atoms with Crippen LogP contribution in [0.15, 0.2) is 24.3 Å². The van der Waals surface area contributed by atoms with Crippen LogP contribution in [0.1, 0.15) is 19.8 Å². The van der Waals surface area contributed by atoms with Crippen molar-refractivity contribution in [2.75, 3.05) is 25.0 Å². The number of rotatable bonds is 6. The molecule has 2 nitrogen and oxygen atoms in total. The Morgan fingerprint density at radius 1 is 1.31 bits per heavy atom. The van der Waals surface area contributed by atoms with Crippen molar-refractivity contribution in [1.29, 1.82) is 0 Å². The highest BCUT2D eigenvalue weighted by Crippen LogP contribution is 2.15. The SMILES string of the molecule is CCC(CN)CCN(C)c1ccc(F)cc1. The lowest BCUT2D eigenvalue weighted by Crippen LogP contribution is -2.23. The van der Waals surface area contributed by atoms with Gasteiger partial charge in [-0.25, -0.2) is 4.39 Å². The van der Waals surface area contributed by atoms with E-state index >= 15 is 0 Å². The molecule has 16 heavy (non-hydrogen) atoms. The number of benzene rings is 1. The zero-order valence-electron chi connectivity index (χ0n) is 10.1. The molecule has 3 heteroatoms. The Hall–Kier alpha value is -1.09. The normalized spacial score (nSPS) is 12.5. The fourth-order valence-corrected chi connectivity index (χ4v) is 1.69. The zero-order chi connectivity index (χ0) is 12.0. The molecule has 0 aliphatic carbocycles. The second kappa shape index (κ2) is 6.48. The second-order valence-corrected chi connectivity index (χ2v) is 4.20. The Morgan fingerprint density at radius 2 is 1.94 bits per heavy atom. The monoisotopic (exact) mass is 224 g/mol. The van der Waals surface area contributed by atoms with Crippen LogP contribution < -0.4 is 10.6 Å². The van der Waals surface area contributed by atoms with E-state index in [2.05, 4.69) is 11.8 Å². The van der Waals surface area contributed by atoms with Crippen LogP contribution in [0.2, 0.25) is 0 Å². The first-order chi connectivity index (χ1) is 7.67. The van der Waals surface area contributed by atoms with Crippen LogP contribution in [0.5, 0.6) is 0 Å². The quantitative estimate of drug-likeness (QED) is 0.805. The maximum absolute atomic E-state index is 12.7. The summed E-state index contributed by atoms with van der Waals surface area (Å²) in [5.74, 6) is 0.397. The van der Waals surface area contributed by atoms with E-state index in [1.165, 1.54) is 12.1 Å². The minimum Gasteiger partial charge on any atom is -0.375 e. The summed E-state index contributed by atoms with van der Waals surface area (Å²) in [6.07, 6.45) is 2.20. The van der Waals surface area contributed by atoms with Crippen molar-refractivity contribution in [3.8, 4) is 0 Å². The summed E-state index contributed by atoms with van der Waals surface area (Å²) in [6, 6.07) is 6.59. The van der Waals surface area contributed by atoms with Crippen molar-refractivity contribution in [1.82, 2.24) is 0 Å². The van der Waals surface area contributed by atoms with Crippen LogP contribution in [-0.2, 0) is 0 Å². The average Bonchev–Trinajstić information content (AvgIpc) is 2.31. The molecule has 90 valence electrons. The van der Waals surface area contributed by atoms with Gasteiger partial charge < -0.3 is 10.6 Å². The Bertz CT molecular complexity index is 293. The molecule has 1 unspecified atom stereocenters. The first kappa shape index (κ1) is 13.0. The minimum atomic E-state index is -0.189. The van der Waals surface area contributed by atoms with E-state index in [0.29, 0.717) is 5.92 Å². The molecule has 0 amide bonds. The fraction of sp³-hybridized carbons (Fsp3) is 0.538. The molecule has 0 spiro atoms. The number of hydrogen-bond acceptors (Lipinski definition) is 2. The van der Waals surface area contributed by atoms with Crippen LogP contribution in [0, 0.1) is 11.7 Å². The number of hydrogen-bond donors (Lipinski definition) is 1. The Balaban J connectivity index is 2.46. The Labute approximate surface area is 97.3 Å². The van der Waals surface area contributed by atoms with Crippen molar-refractivity contribution in [3.63, 3.8) is 0 Å². The molecule has 0 saturated heterocycles. The van der Waals surface area contributed by atoms with Gasteiger partial charge in [-0.3, -0.25) is 0 Å². The molecule has 0 bridgehead atoms. The molecule has 1 rings (SSSR count). The first-order valence-corrected chi connectivity index (χ1v) is 5.84. The molecule has 0 aliphatic heterocycles. The van der Waals surface area contributed by atoms with Gasteiger partial charge in [0.1, 0.15) is 5.82 Å². The number of anilines is 1. The smallest absolute Gasteiger partial charge is 0.123 e. The molecule has 1 atom stereocenters. The molecule has 0 radical (unpaired) electrons. The van der Waals surface area contributed by atoms with E-state index in [4.69, 9.17) is 5.73 Å². The van der Waals surface area contributed by atoms with Gasteiger partial charge in [0, 0.05) is 19.3 Å². The highest BCUT2D eigenvalue weighted by Gasteiger charge is 2.06. The highest BCUT2D eigenvalue weighted by atomic mass is 19.1. The maximum atomic E-state index is 12.7. The largest absolute Gasteiger partial charge is 0.375 e. The molecule has 0 saturated carbocycles. The lowest BCUT2D eigenvalue weighted by Gasteiger charge is -2.22. The molecule has 1 aromatic rings. The van der Waals surface area contributed by atoms with Gasteiger partial charge in [0.25, 0.3) is 0 Å². The second-order valence-electron chi connectivity index (χ2n) is 4.20. The van der Waals surface area contributed by atoms with Gasteiger partial charge in [0.15, 0.2) is 0 Å². The fourth-order valence-electron chi connectivity index (χ4n) is 1.69. The van der Waals surface area contributed by atoms with E-state index in [1.54, 1.807) is 12.1 Å². The first-order valence-electron chi connectivity index (χ1n) is 5.84. The van der Waals surface area contributed by atoms with Gasteiger partial charge in [0.2, 0.25) is 0 Å². The molecule has 0 heterocycles. The van der Waals surface area contributed by atoms with Gasteiger partial charge in [-0.05, 0) is 43.1 Å². The van der Waals surface area contributed by atoms with Gasteiger partial charge in [-0.1, -0.05) is 13.3 Å². The van der Waals surface area contributed by atoms with Crippen molar-refractivity contribution in [3.05, 3.63) is 30.1 Å². The molecular formula is C13H21FN2. The molecule has 1 aromatic carbocycles. The summed E-state index contributed by atoms with van der Waals surface area (Å²) in [7, 11) is 2.02. The van der Waals surface area contributed by atoms with Gasteiger partial charge in [0.05, 0.1) is 0 Å². The molecule has 2 N–H and O–H groups in total. The van der Waals surface area contributed by atoms with Crippen LogP contribution in [0.3, 0.4) is 0 Å². The van der Waals surface area contributed by atoms with Crippen molar-refractivity contribution >= 4 is 5.69 Å². The lowest BCUT2D eigenvalue weighted by molar-refractivity contribution is 0.483. The number of halogens is 1. The zero-order valence-corrected chi connectivity index (χ0v) is 10.1. The van der Waals surface area contributed by atoms with E-state index in [-0.39, 0.29) is 5.82 Å². The Morgan fingerprint density at radius 3 is 2.44 bits per heavy atom. The highest BCUT2D eigenvalue weighted by molar-refractivity contribution is 5.45. The van der Waals surface area contributed by atoms with Crippen LogP contribution in [-0.4, -0.2) is 20.1 Å². The van der Waals surface area contributed by atoms with Crippen molar-refractivity contribution < 1.29 is 4.39 Å². The van der Waals surface area contributed by atoms with E-state index < -0.39 is 0 Å². The third-order valence-corrected chi connectivity index (χ3v) is 3.05. The molecular weight excluding hydrogens is 203 g/mol. The summed E-state index contributed by atoms with van der Waals surface area (Å²) >= 11 is 0. The van der Waals surface area contributed by atoms with E-state index in [1.807, 2.05) is 7.05 Å². The van der Waals surface area contributed by atoms with Crippen LogP contribution in [0.4, 0.5) is 10.1 Å². The summed E-state index contributed by atoms with van der Waals surface area (Å²) in [5, 5.41) is 0. The predicted molar refractivity (Wildman–Crippen MR) is 67.1 cm³/mol.